The topological polar surface area (TPSA) is 30.5 Å². The molecule has 0 saturated heterocycles. The SMILES string of the molecule is CNC1c2c(OC)ccc(OC)c2CSC1C(C)C. The van der Waals surface area contributed by atoms with Crippen LogP contribution in [0, 0.1) is 5.92 Å². The zero-order chi connectivity index (χ0) is 14.0. The van der Waals surface area contributed by atoms with E-state index in [4.69, 9.17) is 9.47 Å². The second kappa shape index (κ2) is 6.06. The Bertz CT molecular complexity index is 448. The van der Waals surface area contributed by atoms with E-state index in [1.165, 1.54) is 11.1 Å². The summed E-state index contributed by atoms with van der Waals surface area (Å²) in [5, 5.41) is 4.02. The predicted molar refractivity (Wildman–Crippen MR) is 81.3 cm³/mol. The minimum Gasteiger partial charge on any atom is -0.496 e. The van der Waals surface area contributed by atoms with E-state index in [1.807, 2.05) is 30.9 Å². The molecule has 19 heavy (non-hydrogen) atoms. The minimum atomic E-state index is 0.304. The highest BCUT2D eigenvalue weighted by molar-refractivity contribution is 7.99. The number of hydrogen-bond acceptors (Lipinski definition) is 4. The van der Waals surface area contributed by atoms with E-state index in [9.17, 15) is 0 Å². The third-order valence-electron chi connectivity index (χ3n) is 3.74. The Morgan fingerprint density at radius 3 is 2.37 bits per heavy atom. The number of hydrogen-bond donors (Lipinski definition) is 1. The molecular formula is C15H23NO2S. The average Bonchev–Trinajstić information content (AvgIpc) is 2.44. The number of methoxy groups -OCH3 is 2. The van der Waals surface area contributed by atoms with Crippen LogP contribution in [0.15, 0.2) is 12.1 Å². The minimum absolute atomic E-state index is 0.304. The lowest BCUT2D eigenvalue weighted by molar-refractivity contribution is 0.378. The Morgan fingerprint density at radius 1 is 1.21 bits per heavy atom. The fourth-order valence-corrected chi connectivity index (χ4v) is 4.31. The average molecular weight is 281 g/mol. The van der Waals surface area contributed by atoms with Crippen LogP contribution < -0.4 is 14.8 Å². The third-order valence-corrected chi connectivity index (χ3v) is 5.40. The fraction of sp³-hybridized carbons (Fsp3) is 0.600. The number of thioether (sulfide) groups is 1. The Labute approximate surface area is 120 Å². The molecule has 106 valence electrons. The lowest BCUT2D eigenvalue weighted by Gasteiger charge is -2.36. The summed E-state index contributed by atoms with van der Waals surface area (Å²) in [4.78, 5) is 0. The summed E-state index contributed by atoms with van der Waals surface area (Å²) < 4.78 is 11.1. The lowest BCUT2D eigenvalue weighted by atomic mass is 9.91. The van der Waals surface area contributed by atoms with Gasteiger partial charge >= 0.3 is 0 Å². The zero-order valence-corrected chi connectivity index (χ0v) is 13.1. The molecule has 2 rings (SSSR count). The molecule has 0 amide bonds. The van der Waals surface area contributed by atoms with Crippen LogP contribution in [-0.4, -0.2) is 26.5 Å². The van der Waals surface area contributed by atoms with Crippen molar-refractivity contribution in [1.29, 1.82) is 0 Å². The molecular weight excluding hydrogens is 258 g/mol. The number of ether oxygens (including phenoxy) is 2. The van der Waals surface area contributed by atoms with E-state index in [0.717, 1.165) is 17.3 Å². The Balaban J connectivity index is 2.54. The van der Waals surface area contributed by atoms with Crippen LogP contribution in [0.3, 0.4) is 0 Å². The van der Waals surface area contributed by atoms with E-state index in [2.05, 4.69) is 19.2 Å². The molecule has 1 N–H and O–H groups in total. The van der Waals surface area contributed by atoms with Crippen molar-refractivity contribution in [2.45, 2.75) is 30.9 Å². The van der Waals surface area contributed by atoms with Crippen LogP contribution in [0.25, 0.3) is 0 Å². The van der Waals surface area contributed by atoms with Crippen LogP contribution in [-0.2, 0) is 5.75 Å². The van der Waals surface area contributed by atoms with Crippen molar-refractivity contribution in [2.75, 3.05) is 21.3 Å². The highest BCUT2D eigenvalue weighted by Crippen LogP contribution is 2.47. The van der Waals surface area contributed by atoms with Gasteiger partial charge in [-0.2, -0.15) is 11.8 Å². The van der Waals surface area contributed by atoms with Gasteiger partial charge in [0.2, 0.25) is 0 Å². The van der Waals surface area contributed by atoms with Gasteiger partial charge in [0.05, 0.1) is 14.2 Å². The summed E-state index contributed by atoms with van der Waals surface area (Å²) in [6, 6.07) is 4.31. The molecule has 0 fully saturated rings. The van der Waals surface area contributed by atoms with Crippen molar-refractivity contribution in [3.63, 3.8) is 0 Å². The Morgan fingerprint density at radius 2 is 1.84 bits per heavy atom. The lowest BCUT2D eigenvalue weighted by Crippen LogP contribution is -2.34. The molecule has 0 radical (unpaired) electrons. The van der Waals surface area contributed by atoms with Crippen LogP contribution in [0.2, 0.25) is 0 Å². The first kappa shape index (κ1) is 14.5. The molecule has 3 nitrogen and oxygen atoms in total. The van der Waals surface area contributed by atoms with Crippen molar-refractivity contribution < 1.29 is 9.47 Å². The van der Waals surface area contributed by atoms with Crippen molar-refractivity contribution in [1.82, 2.24) is 5.32 Å². The number of nitrogens with one attached hydrogen (secondary N) is 1. The van der Waals surface area contributed by atoms with Gasteiger partial charge in [-0.1, -0.05) is 13.8 Å². The van der Waals surface area contributed by atoms with Gasteiger partial charge in [0.1, 0.15) is 11.5 Å². The first-order chi connectivity index (χ1) is 9.13. The van der Waals surface area contributed by atoms with Crippen molar-refractivity contribution in [3.8, 4) is 11.5 Å². The van der Waals surface area contributed by atoms with Gasteiger partial charge in [-0.3, -0.25) is 0 Å². The van der Waals surface area contributed by atoms with Crippen LogP contribution in [0.4, 0.5) is 0 Å². The predicted octanol–water partition coefficient (Wildman–Crippen LogP) is 3.24. The van der Waals surface area contributed by atoms with Gasteiger partial charge in [-0.25, -0.2) is 0 Å². The number of benzene rings is 1. The molecule has 0 bridgehead atoms. The summed E-state index contributed by atoms with van der Waals surface area (Å²) in [6.45, 7) is 4.55. The van der Waals surface area contributed by atoms with E-state index in [1.54, 1.807) is 14.2 Å². The first-order valence-corrected chi connectivity index (χ1v) is 7.71. The van der Waals surface area contributed by atoms with E-state index >= 15 is 0 Å². The smallest absolute Gasteiger partial charge is 0.124 e. The number of fused-ring (bicyclic) bond motifs is 1. The molecule has 1 heterocycles. The normalized spacial score (nSPS) is 22.2. The monoisotopic (exact) mass is 281 g/mol. The van der Waals surface area contributed by atoms with E-state index in [0.29, 0.717) is 17.2 Å². The molecule has 0 aliphatic carbocycles. The Kier molecular flexibility index (Phi) is 4.63. The molecule has 0 spiro atoms. The quantitative estimate of drug-likeness (QED) is 0.918. The molecule has 1 aliphatic rings. The third kappa shape index (κ3) is 2.56. The number of rotatable bonds is 4. The highest BCUT2D eigenvalue weighted by atomic mass is 32.2. The van der Waals surface area contributed by atoms with E-state index < -0.39 is 0 Å². The summed E-state index contributed by atoms with van der Waals surface area (Å²) in [7, 11) is 5.49. The maximum Gasteiger partial charge on any atom is 0.124 e. The summed E-state index contributed by atoms with van der Waals surface area (Å²) in [6.07, 6.45) is 0. The molecule has 2 atom stereocenters. The van der Waals surface area contributed by atoms with Gasteiger partial charge in [0.15, 0.2) is 0 Å². The van der Waals surface area contributed by atoms with Gasteiger partial charge in [-0.05, 0) is 25.1 Å². The van der Waals surface area contributed by atoms with Crippen molar-refractivity contribution in [2.24, 2.45) is 5.92 Å². The highest BCUT2D eigenvalue weighted by Gasteiger charge is 2.35. The van der Waals surface area contributed by atoms with Gasteiger partial charge in [0, 0.05) is 28.2 Å². The molecule has 1 aromatic rings. The van der Waals surface area contributed by atoms with Gasteiger partial charge < -0.3 is 14.8 Å². The molecule has 0 saturated carbocycles. The molecule has 2 unspecified atom stereocenters. The fourth-order valence-electron chi connectivity index (χ4n) is 2.81. The molecule has 1 aliphatic heterocycles. The summed E-state index contributed by atoms with van der Waals surface area (Å²) in [5.74, 6) is 3.52. The first-order valence-electron chi connectivity index (χ1n) is 6.66. The summed E-state index contributed by atoms with van der Waals surface area (Å²) >= 11 is 2.00. The van der Waals surface area contributed by atoms with Crippen LogP contribution in [0.5, 0.6) is 11.5 Å². The van der Waals surface area contributed by atoms with Crippen LogP contribution >= 0.6 is 11.8 Å². The second-order valence-electron chi connectivity index (χ2n) is 5.15. The van der Waals surface area contributed by atoms with Crippen molar-refractivity contribution in [3.05, 3.63) is 23.3 Å². The standard InChI is InChI=1S/C15H23NO2S/c1-9(2)15-14(16-3)13-10(8-19-15)11(17-4)6-7-12(13)18-5/h6-7,9,14-16H,8H2,1-5H3. The largest absolute Gasteiger partial charge is 0.496 e. The zero-order valence-electron chi connectivity index (χ0n) is 12.3. The van der Waals surface area contributed by atoms with E-state index in [-0.39, 0.29) is 0 Å². The second-order valence-corrected chi connectivity index (χ2v) is 6.31. The van der Waals surface area contributed by atoms with Crippen molar-refractivity contribution >= 4 is 11.8 Å². The molecule has 0 aromatic heterocycles. The maximum absolute atomic E-state index is 5.57. The van der Waals surface area contributed by atoms with Gasteiger partial charge in [-0.15, -0.1) is 0 Å². The molecule has 4 heteroatoms. The summed E-state index contributed by atoms with van der Waals surface area (Å²) in [5.41, 5.74) is 2.53. The molecule has 1 aromatic carbocycles. The maximum atomic E-state index is 5.57. The Hall–Kier alpha value is -0.870. The van der Waals surface area contributed by atoms with Crippen LogP contribution in [0.1, 0.15) is 31.0 Å². The van der Waals surface area contributed by atoms with Gasteiger partial charge in [0.25, 0.3) is 0 Å².